The van der Waals surface area contributed by atoms with E-state index in [0.717, 1.165) is 24.4 Å². The molecule has 1 aromatic carbocycles. The van der Waals surface area contributed by atoms with E-state index in [-0.39, 0.29) is 0 Å². The fourth-order valence-electron chi connectivity index (χ4n) is 4.68. The molecule has 2 fully saturated rings. The summed E-state index contributed by atoms with van der Waals surface area (Å²) in [5.41, 5.74) is 10.7. The molecule has 0 bridgehead atoms. The van der Waals surface area contributed by atoms with E-state index < -0.39 is 0 Å². The number of nitrogens with zero attached hydrogens (tertiary/aromatic N) is 1. The van der Waals surface area contributed by atoms with Crippen LogP contribution >= 0.6 is 0 Å². The van der Waals surface area contributed by atoms with Crippen LogP contribution in [0.15, 0.2) is 18.2 Å². The number of benzene rings is 1. The van der Waals surface area contributed by atoms with Gasteiger partial charge in [0, 0.05) is 25.2 Å². The summed E-state index contributed by atoms with van der Waals surface area (Å²) >= 11 is 0. The molecule has 1 aliphatic carbocycles. The van der Waals surface area contributed by atoms with Gasteiger partial charge in [0.05, 0.1) is 0 Å². The van der Waals surface area contributed by atoms with Gasteiger partial charge in [-0.05, 0) is 74.5 Å². The first-order valence-corrected chi connectivity index (χ1v) is 9.62. The zero-order chi connectivity index (χ0) is 16.4. The number of hydrogen-bond donors (Lipinski definition) is 1. The van der Waals surface area contributed by atoms with Crippen molar-refractivity contribution in [3.05, 3.63) is 34.9 Å². The molecule has 1 aliphatic heterocycles. The van der Waals surface area contributed by atoms with E-state index in [4.69, 9.17) is 5.73 Å². The smallest absolute Gasteiger partial charge is 0.0171 e. The van der Waals surface area contributed by atoms with E-state index in [1.165, 1.54) is 61.8 Å². The zero-order valence-electron chi connectivity index (χ0n) is 15.2. The fourth-order valence-corrected chi connectivity index (χ4v) is 4.68. The van der Waals surface area contributed by atoms with E-state index in [1.54, 1.807) is 0 Å². The molecule has 3 rings (SSSR count). The van der Waals surface area contributed by atoms with Gasteiger partial charge < -0.3 is 5.73 Å². The van der Waals surface area contributed by atoms with Gasteiger partial charge in [-0.1, -0.05) is 31.5 Å². The molecular formula is C21H34N2. The molecule has 3 unspecified atom stereocenters. The van der Waals surface area contributed by atoms with E-state index in [0.29, 0.717) is 6.04 Å². The summed E-state index contributed by atoms with van der Waals surface area (Å²) in [6.45, 7) is 9.14. The van der Waals surface area contributed by atoms with Gasteiger partial charge in [0.1, 0.15) is 0 Å². The highest BCUT2D eigenvalue weighted by molar-refractivity contribution is 5.30. The summed E-state index contributed by atoms with van der Waals surface area (Å²) in [5, 5.41) is 0. The van der Waals surface area contributed by atoms with Gasteiger partial charge in [0.25, 0.3) is 0 Å². The second-order valence-corrected chi connectivity index (χ2v) is 8.11. The quantitative estimate of drug-likeness (QED) is 0.887. The first-order valence-electron chi connectivity index (χ1n) is 9.62. The van der Waals surface area contributed by atoms with E-state index in [9.17, 15) is 0 Å². The van der Waals surface area contributed by atoms with Crippen LogP contribution in [-0.2, 0) is 6.42 Å². The number of hydrogen-bond acceptors (Lipinski definition) is 2. The van der Waals surface area contributed by atoms with Gasteiger partial charge >= 0.3 is 0 Å². The van der Waals surface area contributed by atoms with Crippen LogP contribution in [0, 0.1) is 25.7 Å². The standard InChI is InChI=1S/C21H34N2/c1-4-21(19-6-5-7-19)23-13-18(12-20(22)14-23)11-17-9-8-15(2)16(3)10-17/h8-10,18-21H,4-7,11-14,22H2,1-3H3. The van der Waals surface area contributed by atoms with Gasteiger partial charge in [-0.3, -0.25) is 4.90 Å². The molecule has 0 radical (unpaired) electrons. The minimum Gasteiger partial charge on any atom is -0.327 e. The normalized spacial score (nSPS) is 27.7. The molecule has 23 heavy (non-hydrogen) atoms. The van der Waals surface area contributed by atoms with Gasteiger partial charge in [0.15, 0.2) is 0 Å². The Morgan fingerprint density at radius 1 is 1.17 bits per heavy atom. The second kappa shape index (κ2) is 7.36. The lowest BCUT2D eigenvalue weighted by Gasteiger charge is -2.46. The van der Waals surface area contributed by atoms with Crippen LogP contribution in [0.3, 0.4) is 0 Å². The van der Waals surface area contributed by atoms with Gasteiger partial charge in [-0.2, -0.15) is 0 Å². The van der Waals surface area contributed by atoms with Crippen LogP contribution in [0.4, 0.5) is 0 Å². The van der Waals surface area contributed by atoms with Crippen molar-refractivity contribution in [2.45, 2.75) is 71.4 Å². The molecule has 0 amide bonds. The summed E-state index contributed by atoms with van der Waals surface area (Å²) in [5.74, 6) is 1.66. The molecule has 3 atom stereocenters. The lowest BCUT2D eigenvalue weighted by molar-refractivity contribution is 0.0466. The maximum absolute atomic E-state index is 6.43. The summed E-state index contributed by atoms with van der Waals surface area (Å²) in [4.78, 5) is 2.74. The molecule has 128 valence electrons. The molecule has 1 saturated carbocycles. The van der Waals surface area contributed by atoms with Crippen molar-refractivity contribution in [1.82, 2.24) is 4.90 Å². The average Bonchev–Trinajstić information content (AvgIpc) is 2.46. The van der Waals surface area contributed by atoms with Gasteiger partial charge in [-0.25, -0.2) is 0 Å². The average molecular weight is 315 g/mol. The molecule has 2 N–H and O–H groups in total. The first-order chi connectivity index (χ1) is 11.1. The summed E-state index contributed by atoms with van der Waals surface area (Å²) in [7, 11) is 0. The SMILES string of the molecule is CCC(C1CCC1)N1CC(N)CC(Cc2ccc(C)c(C)c2)C1. The Morgan fingerprint density at radius 3 is 2.57 bits per heavy atom. The molecule has 2 nitrogen and oxygen atoms in total. The van der Waals surface area contributed by atoms with Crippen LogP contribution in [0.1, 0.15) is 55.7 Å². The third-order valence-corrected chi connectivity index (χ3v) is 6.27. The highest BCUT2D eigenvalue weighted by Crippen LogP contribution is 2.35. The summed E-state index contributed by atoms with van der Waals surface area (Å²) in [6.07, 6.45) is 7.97. The van der Waals surface area contributed by atoms with E-state index in [1.807, 2.05) is 0 Å². The lowest BCUT2D eigenvalue weighted by atomic mass is 9.76. The first kappa shape index (κ1) is 17.0. The Morgan fingerprint density at radius 2 is 1.96 bits per heavy atom. The molecular weight excluding hydrogens is 280 g/mol. The highest BCUT2D eigenvalue weighted by Gasteiger charge is 2.35. The molecule has 2 aliphatic rings. The van der Waals surface area contributed by atoms with Crippen LogP contribution < -0.4 is 5.73 Å². The fraction of sp³-hybridized carbons (Fsp3) is 0.714. The van der Waals surface area contributed by atoms with E-state index >= 15 is 0 Å². The maximum atomic E-state index is 6.43. The topological polar surface area (TPSA) is 29.3 Å². The summed E-state index contributed by atoms with van der Waals surface area (Å²) < 4.78 is 0. The third-order valence-electron chi connectivity index (χ3n) is 6.27. The Labute approximate surface area is 142 Å². The van der Waals surface area contributed by atoms with Gasteiger partial charge in [-0.15, -0.1) is 0 Å². The number of nitrogens with two attached hydrogens (primary N) is 1. The zero-order valence-corrected chi connectivity index (χ0v) is 15.2. The molecule has 2 heteroatoms. The largest absolute Gasteiger partial charge is 0.327 e. The number of likely N-dealkylation sites (tertiary alicyclic amines) is 1. The van der Waals surface area contributed by atoms with Crippen LogP contribution in [0.25, 0.3) is 0 Å². The van der Waals surface area contributed by atoms with Crippen molar-refractivity contribution >= 4 is 0 Å². The van der Waals surface area contributed by atoms with Crippen molar-refractivity contribution in [2.75, 3.05) is 13.1 Å². The molecule has 1 aromatic rings. The van der Waals surface area contributed by atoms with Crippen molar-refractivity contribution < 1.29 is 0 Å². The van der Waals surface area contributed by atoms with Crippen molar-refractivity contribution in [3.63, 3.8) is 0 Å². The predicted molar refractivity (Wildman–Crippen MR) is 98.7 cm³/mol. The minimum absolute atomic E-state index is 0.356. The molecule has 1 saturated heterocycles. The van der Waals surface area contributed by atoms with Crippen molar-refractivity contribution in [1.29, 1.82) is 0 Å². The van der Waals surface area contributed by atoms with Crippen LogP contribution in [0.5, 0.6) is 0 Å². The van der Waals surface area contributed by atoms with Crippen LogP contribution in [0.2, 0.25) is 0 Å². The van der Waals surface area contributed by atoms with Crippen molar-refractivity contribution in [3.8, 4) is 0 Å². The third kappa shape index (κ3) is 3.97. The van der Waals surface area contributed by atoms with Gasteiger partial charge in [0.2, 0.25) is 0 Å². The Bertz CT molecular complexity index is 521. The Hall–Kier alpha value is -0.860. The molecule has 1 heterocycles. The Balaban J connectivity index is 1.66. The lowest BCUT2D eigenvalue weighted by Crippen LogP contribution is -2.54. The number of piperidine rings is 1. The minimum atomic E-state index is 0.356. The molecule has 0 aromatic heterocycles. The predicted octanol–water partition coefficient (Wildman–Crippen LogP) is 4.07. The maximum Gasteiger partial charge on any atom is 0.0171 e. The summed E-state index contributed by atoms with van der Waals surface area (Å²) in [6, 6.07) is 8.10. The highest BCUT2D eigenvalue weighted by atomic mass is 15.2. The number of aryl methyl sites for hydroxylation is 2. The van der Waals surface area contributed by atoms with E-state index in [2.05, 4.69) is 43.9 Å². The van der Waals surface area contributed by atoms with Crippen molar-refractivity contribution in [2.24, 2.45) is 17.6 Å². The number of rotatable bonds is 5. The second-order valence-electron chi connectivity index (χ2n) is 8.11. The monoisotopic (exact) mass is 314 g/mol. The Kier molecular flexibility index (Phi) is 5.43. The van der Waals surface area contributed by atoms with Crippen LogP contribution in [-0.4, -0.2) is 30.1 Å². The molecule has 0 spiro atoms.